The Balaban J connectivity index is 1.93. The van der Waals surface area contributed by atoms with Gasteiger partial charge in [-0.2, -0.15) is 0 Å². The van der Waals surface area contributed by atoms with Gasteiger partial charge in [0.05, 0.1) is 44.2 Å². The summed E-state index contributed by atoms with van der Waals surface area (Å²) in [5.41, 5.74) is 1.66. The number of halogens is 1. The minimum Gasteiger partial charge on any atom is -0.450 e. The fraction of sp³-hybridized carbons (Fsp3) is 0.238. The van der Waals surface area contributed by atoms with Crippen LogP contribution < -0.4 is 10.3 Å². The fourth-order valence-corrected chi connectivity index (χ4v) is 3.80. The molecule has 0 spiro atoms. The number of hydrogen-bond acceptors (Lipinski definition) is 3. The molecular formula is C21H20BrN2O3+. The molecule has 138 valence electrons. The summed E-state index contributed by atoms with van der Waals surface area (Å²) in [5, 5.41) is 0.506. The molecule has 1 atom stereocenters. The minimum atomic E-state index is -0.430. The number of quaternary nitrogens is 1. The quantitative estimate of drug-likeness (QED) is 0.694. The third kappa shape index (κ3) is 3.09. The van der Waals surface area contributed by atoms with Gasteiger partial charge in [0.15, 0.2) is 5.43 Å². The molecule has 0 bridgehead atoms. The van der Waals surface area contributed by atoms with E-state index in [1.807, 2.05) is 44.4 Å². The van der Waals surface area contributed by atoms with Gasteiger partial charge in [0.25, 0.3) is 5.91 Å². The molecule has 0 radical (unpaired) electrons. The van der Waals surface area contributed by atoms with Crippen LogP contribution >= 0.6 is 15.9 Å². The molecule has 4 rings (SSSR count). The van der Waals surface area contributed by atoms with E-state index in [4.69, 9.17) is 4.42 Å². The highest BCUT2D eigenvalue weighted by atomic mass is 79.9. The molecule has 1 amide bonds. The zero-order chi connectivity index (χ0) is 19.1. The Kier molecular flexibility index (Phi) is 4.61. The first-order chi connectivity index (χ1) is 13.0. The predicted octanol–water partition coefficient (Wildman–Crippen LogP) is 2.25. The van der Waals surface area contributed by atoms with Gasteiger partial charge in [-0.1, -0.05) is 40.2 Å². The van der Waals surface area contributed by atoms with Gasteiger partial charge in [-0.3, -0.25) is 9.59 Å². The average molecular weight is 428 g/mol. The van der Waals surface area contributed by atoms with Gasteiger partial charge < -0.3 is 14.2 Å². The Labute approximate surface area is 165 Å². The Bertz CT molecular complexity index is 1070. The van der Waals surface area contributed by atoms with Crippen LogP contribution in [0.3, 0.4) is 0 Å². The number of para-hydroxylation sites is 1. The number of carbonyl (C=O) groups excluding carboxylic acids is 1. The topological polar surface area (TPSA) is 55.0 Å². The number of benzene rings is 2. The number of rotatable bonds is 4. The third-order valence-electron chi connectivity index (χ3n) is 4.91. The van der Waals surface area contributed by atoms with Crippen molar-refractivity contribution in [3.8, 4) is 0 Å². The van der Waals surface area contributed by atoms with Crippen molar-refractivity contribution >= 4 is 32.8 Å². The molecule has 27 heavy (non-hydrogen) atoms. The predicted molar refractivity (Wildman–Crippen MR) is 107 cm³/mol. The van der Waals surface area contributed by atoms with E-state index in [9.17, 15) is 9.59 Å². The summed E-state index contributed by atoms with van der Waals surface area (Å²) in [7, 11) is 4.08. The molecule has 1 aliphatic heterocycles. The molecule has 1 aromatic heterocycles. The second-order valence-electron chi connectivity index (χ2n) is 7.08. The lowest BCUT2D eigenvalue weighted by atomic mass is 9.98. The van der Waals surface area contributed by atoms with E-state index in [0.29, 0.717) is 23.1 Å². The van der Waals surface area contributed by atoms with E-state index in [1.165, 1.54) is 4.90 Å². The Morgan fingerprint density at radius 2 is 1.78 bits per heavy atom. The van der Waals surface area contributed by atoms with E-state index >= 15 is 0 Å². The molecular weight excluding hydrogens is 408 g/mol. The highest BCUT2D eigenvalue weighted by molar-refractivity contribution is 9.10. The summed E-state index contributed by atoms with van der Waals surface area (Å²) in [6.07, 6.45) is 0. The van der Waals surface area contributed by atoms with Crippen molar-refractivity contribution in [2.75, 3.05) is 27.2 Å². The second kappa shape index (κ2) is 6.94. The summed E-state index contributed by atoms with van der Waals surface area (Å²) in [4.78, 5) is 29.4. The van der Waals surface area contributed by atoms with Gasteiger partial charge >= 0.3 is 0 Å². The lowest BCUT2D eigenvalue weighted by molar-refractivity contribution is -0.857. The largest absolute Gasteiger partial charge is 0.450 e. The van der Waals surface area contributed by atoms with Crippen LogP contribution in [0.1, 0.15) is 27.7 Å². The molecule has 1 aliphatic rings. The van der Waals surface area contributed by atoms with Crippen LogP contribution in [0.25, 0.3) is 11.0 Å². The first-order valence-corrected chi connectivity index (χ1v) is 9.68. The van der Waals surface area contributed by atoms with Crippen molar-refractivity contribution in [2.45, 2.75) is 6.04 Å². The Morgan fingerprint density at radius 3 is 2.48 bits per heavy atom. The number of nitrogens with zero attached hydrogens (tertiary/aromatic N) is 1. The van der Waals surface area contributed by atoms with Gasteiger partial charge in [-0.15, -0.1) is 0 Å². The number of amides is 1. The first kappa shape index (κ1) is 17.9. The van der Waals surface area contributed by atoms with Crippen LogP contribution in [0.4, 0.5) is 0 Å². The maximum absolute atomic E-state index is 13.2. The third-order valence-corrected chi connectivity index (χ3v) is 5.44. The zero-order valence-electron chi connectivity index (χ0n) is 15.2. The maximum atomic E-state index is 13.2. The number of likely N-dealkylation sites (N-methyl/N-ethyl adjacent to an activating group) is 1. The summed E-state index contributed by atoms with van der Waals surface area (Å²) >= 11 is 3.45. The molecule has 0 saturated heterocycles. The molecule has 0 aliphatic carbocycles. The molecule has 3 aromatic rings. The second-order valence-corrected chi connectivity index (χ2v) is 8.00. The number of carbonyl (C=O) groups is 1. The van der Waals surface area contributed by atoms with Crippen LogP contribution in [-0.4, -0.2) is 38.0 Å². The van der Waals surface area contributed by atoms with E-state index in [-0.39, 0.29) is 17.1 Å². The van der Waals surface area contributed by atoms with Crippen LogP contribution in [0, 0.1) is 0 Å². The molecule has 6 heteroatoms. The molecule has 0 saturated carbocycles. The highest BCUT2D eigenvalue weighted by Crippen LogP contribution is 2.38. The van der Waals surface area contributed by atoms with Gasteiger partial charge in [0.1, 0.15) is 5.58 Å². The van der Waals surface area contributed by atoms with Gasteiger partial charge in [-0.05, 0) is 29.8 Å². The molecule has 5 nitrogen and oxygen atoms in total. The van der Waals surface area contributed by atoms with Crippen molar-refractivity contribution in [3.05, 3.63) is 80.1 Å². The van der Waals surface area contributed by atoms with Crippen molar-refractivity contribution in [2.24, 2.45) is 0 Å². The van der Waals surface area contributed by atoms with Gasteiger partial charge in [0, 0.05) is 4.47 Å². The highest BCUT2D eigenvalue weighted by Gasteiger charge is 2.42. The van der Waals surface area contributed by atoms with Crippen molar-refractivity contribution < 1.29 is 14.1 Å². The number of nitrogens with one attached hydrogen (secondary N) is 1. The lowest BCUT2D eigenvalue weighted by Gasteiger charge is -2.25. The lowest BCUT2D eigenvalue weighted by Crippen LogP contribution is -3.06. The number of fused-ring (bicyclic) bond motifs is 2. The van der Waals surface area contributed by atoms with E-state index < -0.39 is 6.04 Å². The number of hydrogen-bond donors (Lipinski definition) is 1. The minimum absolute atomic E-state index is 0.132. The average Bonchev–Trinajstić information content (AvgIpc) is 2.93. The van der Waals surface area contributed by atoms with Crippen LogP contribution in [0.15, 0.2) is 62.2 Å². The summed E-state index contributed by atoms with van der Waals surface area (Å²) in [5.74, 6) is -0.0533. The fourth-order valence-electron chi connectivity index (χ4n) is 3.53. The van der Waals surface area contributed by atoms with Crippen molar-refractivity contribution in [1.29, 1.82) is 0 Å². The van der Waals surface area contributed by atoms with Crippen molar-refractivity contribution in [3.63, 3.8) is 0 Å². The SMILES string of the molecule is C[NH+](C)CCN1C(=O)c2oc3ccccc3c(=O)c2[C@H]1c1ccc(Br)cc1. The van der Waals surface area contributed by atoms with Crippen LogP contribution in [0.5, 0.6) is 0 Å². The molecule has 0 fully saturated rings. The molecule has 1 N–H and O–H groups in total. The standard InChI is InChI=1S/C21H19BrN2O3/c1-23(2)11-12-24-18(13-7-9-14(22)10-8-13)17-19(25)15-5-3-4-6-16(15)27-20(17)21(24)26/h3-10,18H,11-12H2,1-2H3/p+1/t18-/m1/s1. The first-order valence-electron chi connectivity index (χ1n) is 8.88. The summed E-state index contributed by atoms with van der Waals surface area (Å²) < 4.78 is 6.85. The van der Waals surface area contributed by atoms with Crippen molar-refractivity contribution in [1.82, 2.24) is 4.90 Å². The van der Waals surface area contributed by atoms with E-state index in [2.05, 4.69) is 15.9 Å². The molecule has 2 aromatic carbocycles. The Morgan fingerprint density at radius 1 is 1.07 bits per heavy atom. The smallest absolute Gasteiger partial charge is 0.291 e. The Hall–Kier alpha value is -2.44. The van der Waals surface area contributed by atoms with Gasteiger partial charge in [0.2, 0.25) is 5.76 Å². The van der Waals surface area contributed by atoms with E-state index in [1.54, 1.807) is 23.1 Å². The molecule has 2 heterocycles. The van der Waals surface area contributed by atoms with Crippen LogP contribution in [0.2, 0.25) is 0 Å². The summed E-state index contributed by atoms with van der Waals surface area (Å²) in [6.45, 7) is 1.32. The maximum Gasteiger partial charge on any atom is 0.291 e. The van der Waals surface area contributed by atoms with E-state index in [0.717, 1.165) is 16.6 Å². The molecule has 0 unspecified atom stereocenters. The monoisotopic (exact) mass is 427 g/mol. The normalized spacial score (nSPS) is 16.4. The van der Waals surface area contributed by atoms with Gasteiger partial charge in [-0.25, -0.2) is 0 Å². The summed E-state index contributed by atoms with van der Waals surface area (Å²) in [6, 6.07) is 14.4. The zero-order valence-corrected chi connectivity index (χ0v) is 16.7. The van der Waals surface area contributed by atoms with Crippen LogP contribution in [-0.2, 0) is 0 Å².